The van der Waals surface area contributed by atoms with Crippen molar-refractivity contribution in [2.75, 3.05) is 0 Å². The molecule has 0 aliphatic rings. The highest BCUT2D eigenvalue weighted by Crippen LogP contribution is 2.29. The maximum Gasteiger partial charge on any atom is 0.147 e. The van der Waals surface area contributed by atoms with Crippen LogP contribution in [0, 0.1) is 17.1 Å². The first-order valence-electron chi connectivity index (χ1n) is 6.16. The molecule has 0 bridgehead atoms. The molecule has 3 aromatic rings. The zero-order valence-corrected chi connectivity index (χ0v) is 10.6. The van der Waals surface area contributed by atoms with Crippen LogP contribution >= 0.6 is 0 Å². The molecule has 0 atom stereocenters. The van der Waals surface area contributed by atoms with Gasteiger partial charge in [0.2, 0.25) is 0 Å². The van der Waals surface area contributed by atoms with Gasteiger partial charge in [-0.25, -0.2) is 4.39 Å². The van der Waals surface area contributed by atoms with Crippen molar-refractivity contribution in [2.24, 2.45) is 0 Å². The Morgan fingerprint density at radius 1 is 1.15 bits per heavy atom. The summed E-state index contributed by atoms with van der Waals surface area (Å²) in [6, 6.07) is 16.2. The summed E-state index contributed by atoms with van der Waals surface area (Å²) in [7, 11) is 0. The molecule has 98 valence electrons. The first-order valence-corrected chi connectivity index (χ1v) is 6.16. The van der Waals surface area contributed by atoms with E-state index in [2.05, 4.69) is 4.98 Å². The second-order valence-electron chi connectivity index (χ2n) is 4.40. The summed E-state index contributed by atoms with van der Waals surface area (Å²) in [5, 5.41) is 9.46. The summed E-state index contributed by atoms with van der Waals surface area (Å²) in [4.78, 5) is 2.74. The SMILES string of the molecule is N#Cc1cc2c(OCc3ccccc3)ccc(F)c2[nH]1. The van der Waals surface area contributed by atoms with Gasteiger partial charge in [0.25, 0.3) is 0 Å². The van der Waals surface area contributed by atoms with Crippen LogP contribution in [-0.2, 0) is 6.61 Å². The summed E-state index contributed by atoms with van der Waals surface area (Å²) in [5.41, 5.74) is 1.64. The number of fused-ring (bicyclic) bond motifs is 1. The number of nitrogens with one attached hydrogen (secondary N) is 1. The summed E-state index contributed by atoms with van der Waals surface area (Å²) < 4.78 is 19.4. The molecule has 20 heavy (non-hydrogen) atoms. The molecule has 0 saturated carbocycles. The van der Waals surface area contributed by atoms with Crippen molar-refractivity contribution in [1.29, 1.82) is 5.26 Å². The van der Waals surface area contributed by atoms with Crippen LogP contribution in [-0.4, -0.2) is 4.98 Å². The zero-order chi connectivity index (χ0) is 13.9. The van der Waals surface area contributed by atoms with E-state index < -0.39 is 5.82 Å². The van der Waals surface area contributed by atoms with Gasteiger partial charge >= 0.3 is 0 Å². The Bertz CT molecular complexity index is 787. The van der Waals surface area contributed by atoms with E-state index in [1.807, 2.05) is 36.4 Å². The molecule has 3 nitrogen and oxygen atoms in total. The number of aromatic nitrogens is 1. The second-order valence-corrected chi connectivity index (χ2v) is 4.40. The Hall–Kier alpha value is -2.80. The third-order valence-electron chi connectivity index (χ3n) is 3.06. The van der Waals surface area contributed by atoms with Crippen molar-refractivity contribution in [3.8, 4) is 11.8 Å². The average molecular weight is 266 g/mol. The van der Waals surface area contributed by atoms with E-state index in [1.165, 1.54) is 6.07 Å². The van der Waals surface area contributed by atoms with Gasteiger partial charge in [0, 0.05) is 5.39 Å². The molecule has 0 aliphatic carbocycles. The van der Waals surface area contributed by atoms with Gasteiger partial charge in [0.15, 0.2) is 0 Å². The molecular weight excluding hydrogens is 255 g/mol. The van der Waals surface area contributed by atoms with Gasteiger partial charge < -0.3 is 9.72 Å². The minimum Gasteiger partial charge on any atom is -0.488 e. The lowest BCUT2D eigenvalue weighted by Gasteiger charge is -2.07. The predicted octanol–water partition coefficient (Wildman–Crippen LogP) is 3.76. The van der Waals surface area contributed by atoms with E-state index in [9.17, 15) is 4.39 Å². The van der Waals surface area contributed by atoms with Gasteiger partial charge in [-0.3, -0.25) is 0 Å². The quantitative estimate of drug-likeness (QED) is 0.784. The highest BCUT2D eigenvalue weighted by Gasteiger charge is 2.11. The molecule has 0 spiro atoms. The second kappa shape index (κ2) is 5.06. The van der Waals surface area contributed by atoms with E-state index in [0.29, 0.717) is 29.0 Å². The Morgan fingerprint density at radius 3 is 2.70 bits per heavy atom. The maximum absolute atomic E-state index is 13.7. The number of nitriles is 1. The normalized spacial score (nSPS) is 10.4. The number of aromatic amines is 1. The Balaban J connectivity index is 1.94. The van der Waals surface area contributed by atoms with Crippen molar-refractivity contribution < 1.29 is 9.13 Å². The van der Waals surface area contributed by atoms with Gasteiger partial charge in [0.1, 0.15) is 29.9 Å². The van der Waals surface area contributed by atoms with Gasteiger partial charge in [-0.05, 0) is 23.8 Å². The molecule has 0 amide bonds. The van der Waals surface area contributed by atoms with Crippen LogP contribution in [0.2, 0.25) is 0 Å². The molecule has 2 aromatic carbocycles. The van der Waals surface area contributed by atoms with E-state index >= 15 is 0 Å². The minimum absolute atomic E-state index is 0.298. The number of halogens is 1. The maximum atomic E-state index is 13.7. The van der Waals surface area contributed by atoms with Gasteiger partial charge in [-0.15, -0.1) is 0 Å². The Morgan fingerprint density at radius 2 is 1.95 bits per heavy atom. The molecular formula is C16H11FN2O. The van der Waals surface area contributed by atoms with E-state index in [4.69, 9.17) is 10.00 Å². The largest absolute Gasteiger partial charge is 0.488 e. The average Bonchev–Trinajstić information content (AvgIpc) is 2.93. The number of hydrogen-bond acceptors (Lipinski definition) is 2. The number of ether oxygens (including phenoxy) is 1. The van der Waals surface area contributed by atoms with Crippen molar-refractivity contribution in [3.63, 3.8) is 0 Å². The molecule has 0 radical (unpaired) electrons. The van der Waals surface area contributed by atoms with Crippen molar-refractivity contribution in [3.05, 3.63) is 65.6 Å². The highest BCUT2D eigenvalue weighted by molar-refractivity contribution is 5.87. The van der Waals surface area contributed by atoms with Crippen LogP contribution in [0.1, 0.15) is 11.3 Å². The van der Waals surface area contributed by atoms with Crippen LogP contribution < -0.4 is 4.74 Å². The van der Waals surface area contributed by atoms with E-state index in [1.54, 1.807) is 12.1 Å². The van der Waals surface area contributed by atoms with E-state index in [-0.39, 0.29) is 0 Å². The highest BCUT2D eigenvalue weighted by atomic mass is 19.1. The summed E-state index contributed by atoms with van der Waals surface area (Å²) >= 11 is 0. The first-order chi connectivity index (χ1) is 9.78. The predicted molar refractivity (Wildman–Crippen MR) is 73.7 cm³/mol. The van der Waals surface area contributed by atoms with Crippen molar-refractivity contribution >= 4 is 10.9 Å². The monoisotopic (exact) mass is 266 g/mol. The lowest BCUT2D eigenvalue weighted by atomic mass is 10.2. The molecule has 1 aromatic heterocycles. The molecule has 4 heteroatoms. The van der Waals surface area contributed by atoms with E-state index in [0.717, 1.165) is 5.56 Å². The van der Waals surface area contributed by atoms with Crippen LogP contribution in [0.5, 0.6) is 5.75 Å². The van der Waals surface area contributed by atoms with Crippen molar-refractivity contribution in [2.45, 2.75) is 6.61 Å². The number of nitrogens with zero attached hydrogens (tertiary/aromatic N) is 1. The smallest absolute Gasteiger partial charge is 0.147 e. The minimum atomic E-state index is -0.395. The van der Waals surface area contributed by atoms with Crippen LogP contribution in [0.25, 0.3) is 10.9 Å². The number of benzene rings is 2. The molecule has 0 fully saturated rings. The molecule has 1 heterocycles. The van der Waals surface area contributed by atoms with Crippen LogP contribution in [0.4, 0.5) is 4.39 Å². The van der Waals surface area contributed by atoms with Crippen LogP contribution in [0.3, 0.4) is 0 Å². The number of H-pyrrole nitrogens is 1. The zero-order valence-electron chi connectivity index (χ0n) is 10.6. The lowest BCUT2D eigenvalue weighted by molar-refractivity contribution is 0.310. The fourth-order valence-electron chi connectivity index (χ4n) is 2.08. The molecule has 0 aliphatic heterocycles. The molecule has 0 saturated heterocycles. The molecule has 0 unspecified atom stereocenters. The van der Waals surface area contributed by atoms with Crippen molar-refractivity contribution in [1.82, 2.24) is 4.98 Å². The Labute approximate surface area is 115 Å². The third-order valence-corrected chi connectivity index (χ3v) is 3.06. The molecule has 3 rings (SSSR count). The van der Waals surface area contributed by atoms with Gasteiger partial charge in [-0.1, -0.05) is 30.3 Å². The van der Waals surface area contributed by atoms with Gasteiger partial charge in [0.05, 0.1) is 5.52 Å². The van der Waals surface area contributed by atoms with Crippen LogP contribution in [0.15, 0.2) is 48.5 Å². The fraction of sp³-hybridized carbons (Fsp3) is 0.0625. The summed E-state index contributed by atoms with van der Waals surface area (Å²) in [5.74, 6) is 0.163. The number of hydrogen-bond donors (Lipinski definition) is 1. The summed E-state index contributed by atoms with van der Waals surface area (Å²) in [6.07, 6.45) is 0. The first kappa shape index (κ1) is 12.2. The lowest BCUT2D eigenvalue weighted by Crippen LogP contribution is -1.95. The fourth-order valence-corrected chi connectivity index (χ4v) is 2.08. The topological polar surface area (TPSA) is 48.8 Å². The molecule has 1 N–H and O–H groups in total. The third kappa shape index (κ3) is 2.21. The standard InChI is InChI=1S/C16H11FN2O/c17-14-6-7-15(13-8-12(9-18)19-16(13)14)20-10-11-4-2-1-3-5-11/h1-8,19H,10H2. The van der Waals surface area contributed by atoms with Gasteiger partial charge in [-0.2, -0.15) is 5.26 Å². The Kier molecular flexibility index (Phi) is 3.10. The summed E-state index contributed by atoms with van der Waals surface area (Å²) in [6.45, 7) is 0.397. The number of rotatable bonds is 3.